The highest BCUT2D eigenvalue weighted by Gasteiger charge is 2.16. The van der Waals surface area contributed by atoms with Crippen LogP contribution in [0.25, 0.3) is 0 Å². The molecule has 0 aliphatic heterocycles. The van der Waals surface area contributed by atoms with Crippen LogP contribution in [-0.2, 0) is 19.3 Å². The third kappa shape index (κ3) is 10.5. The molecule has 0 atom stereocenters. The fraction of sp³-hybridized carbons (Fsp3) is 0.400. The first-order valence-electron chi connectivity index (χ1n) is 12.5. The molecule has 34 heavy (non-hydrogen) atoms. The molecule has 3 rings (SSSR count). The summed E-state index contributed by atoms with van der Waals surface area (Å²) in [5, 5.41) is 0. The lowest BCUT2D eigenvalue weighted by atomic mass is 10.1. The fourth-order valence-corrected chi connectivity index (χ4v) is 7.01. The zero-order chi connectivity index (χ0) is 24.0. The number of hydrogen-bond donors (Lipinski definition) is 0. The minimum atomic E-state index is -0.142. The predicted octanol–water partition coefficient (Wildman–Crippen LogP) is 5.86. The van der Waals surface area contributed by atoms with Crippen LogP contribution >= 0.6 is 7.92 Å². The highest BCUT2D eigenvalue weighted by molar-refractivity contribution is 7.57. The van der Waals surface area contributed by atoms with Gasteiger partial charge in [-0.05, 0) is 57.1 Å². The molecule has 0 bridgehead atoms. The normalized spacial score (nSPS) is 11.7. The SMILES string of the molecule is CN(CCc1ccccc1)CP(CN(C)CCc1ccccc1)CN(C)CCc1ccccc1. The minimum Gasteiger partial charge on any atom is -0.302 e. The van der Waals surface area contributed by atoms with Crippen LogP contribution in [0.15, 0.2) is 91.0 Å². The summed E-state index contributed by atoms with van der Waals surface area (Å²) in [5.74, 6) is 0. The molecule has 0 spiro atoms. The summed E-state index contributed by atoms with van der Waals surface area (Å²) in [6.45, 7) is 3.35. The molecule has 182 valence electrons. The van der Waals surface area contributed by atoms with Crippen molar-refractivity contribution < 1.29 is 0 Å². The van der Waals surface area contributed by atoms with Gasteiger partial charge in [-0.2, -0.15) is 0 Å². The van der Waals surface area contributed by atoms with Crippen molar-refractivity contribution in [2.45, 2.75) is 19.3 Å². The first-order chi connectivity index (χ1) is 16.6. The second-order valence-electron chi connectivity index (χ2n) is 9.54. The van der Waals surface area contributed by atoms with Crippen molar-refractivity contribution in [3.8, 4) is 0 Å². The zero-order valence-electron chi connectivity index (χ0n) is 21.3. The second-order valence-corrected chi connectivity index (χ2v) is 11.7. The van der Waals surface area contributed by atoms with Crippen LogP contribution in [0.3, 0.4) is 0 Å². The maximum atomic E-state index is 2.55. The molecule has 0 saturated heterocycles. The van der Waals surface area contributed by atoms with Crippen LogP contribution in [0.5, 0.6) is 0 Å². The van der Waals surface area contributed by atoms with E-state index in [-0.39, 0.29) is 7.92 Å². The number of likely N-dealkylation sites (N-methyl/N-ethyl adjacent to an activating group) is 3. The Morgan fingerprint density at radius 1 is 0.441 bits per heavy atom. The molecule has 0 N–H and O–H groups in total. The first kappa shape index (κ1) is 26.6. The standard InChI is InChI=1S/C30H42N3P/c1-31(22-19-28-13-7-4-8-14-28)25-34(26-32(2)23-20-29-15-9-5-10-16-29)27-33(3)24-21-30-17-11-6-12-18-30/h4-18H,19-27H2,1-3H3. The molecule has 4 heteroatoms. The van der Waals surface area contributed by atoms with Gasteiger partial charge < -0.3 is 14.7 Å². The molecule has 3 nitrogen and oxygen atoms in total. The Kier molecular flexibility index (Phi) is 11.8. The van der Waals surface area contributed by atoms with Crippen molar-refractivity contribution >= 4 is 7.92 Å². The monoisotopic (exact) mass is 475 g/mol. The fourth-order valence-electron chi connectivity index (χ4n) is 4.26. The molecular formula is C30H42N3P. The molecule has 0 fully saturated rings. The van der Waals surface area contributed by atoms with Gasteiger partial charge in [-0.15, -0.1) is 0 Å². The molecular weight excluding hydrogens is 433 g/mol. The molecule has 0 heterocycles. The Labute approximate surface area is 209 Å². The zero-order valence-corrected chi connectivity index (χ0v) is 22.2. The van der Waals surface area contributed by atoms with Crippen molar-refractivity contribution in [2.24, 2.45) is 0 Å². The van der Waals surface area contributed by atoms with Crippen LogP contribution in [0.2, 0.25) is 0 Å². The maximum Gasteiger partial charge on any atom is 0.0204 e. The highest BCUT2D eigenvalue weighted by atomic mass is 31.1. The summed E-state index contributed by atoms with van der Waals surface area (Å²) in [4.78, 5) is 7.65. The summed E-state index contributed by atoms with van der Waals surface area (Å²) < 4.78 is 0. The smallest absolute Gasteiger partial charge is 0.0204 e. The summed E-state index contributed by atoms with van der Waals surface area (Å²) >= 11 is 0. The third-order valence-corrected chi connectivity index (χ3v) is 8.85. The van der Waals surface area contributed by atoms with Gasteiger partial charge in [-0.3, -0.25) is 0 Å². The highest BCUT2D eigenvalue weighted by Crippen LogP contribution is 2.37. The molecule has 3 aromatic rings. The molecule has 0 unspecified atom stereocenters. The Hall–Kier alpha value is -2.03. The maximum absolute atomic E-state index is 2.55. The van der Waals surface area contributed by atoms with Gasteiger partial charge in [0.25, 0.3) is 0 Å². The van der Waals surface area contributed by atoms with E-state index in [9.17, 15) is 0 Å². The first-order valence-corrected chi connectivity index (χ1v) is 14.4. The molecule has 3 aromatic carbocycles. The third-order valence-electron chi connectivity index (χ3n) is 6.20. The summed E-state index contributed by atoms with van der Waals surface area (Å²) in [7, 11) is 6.75. The molecule has 0 aliphatic carbocycles. The number of hydrogen-bond acceptors (Lipinski definition) is 3. The van der Waals surface area contributed by atoms with E-state index in [0.717, 1.165) is 38.9 Å². The van der Waals surface area contributed by atoms with E-state index in [2.05, 4.69) is 127 Å². The van der Waals surface area contributed by atoms with E-state index in [4.69, 9.17) is 0 Å². The summed E-state index contributed by atoms with van der Waals surface area (Å²) in [6.07, 6.45) is 6.92. The molecule has 0 saturated carbocycles. The van der Waals surface area contributed by atoms with E-state index in [1.807, 2.05) is 0 Å². The molecule has 0 aromatic heterocycles. The van der Waals surface area contributed by atoms with E-state index >= 15 is 0 Å². The lowest BCUT2D eigenvalue weighted by molar-refractivity contribution is 0.359. The van der Waals surface area contributed by atoms with Gasteiger partial charge >= 0.3 is 0 Å². The van der Waals surface area contributed by atoms with Gasteiger partial charge in [0, 0.05) is 38.5 Å². The molecule has 0 amide bonds. The average Bonchev–Trinajstić information content (AvgIpc) is 2.87. The van der Waals surface area contributed by atoms with Gasteiger partial charge in [0.05, 0.1) is 0 Å². The molecule has 0 aliphatic rings. The number of rotatable bonds is 15. The number of nitrogens with zero attached hydrogens (tertiary/aromatic N) is 3. The van der Waals surface area contributed by atoms with E-state index < -0.39 is 0 Å². The summed E-state index contributed by atoms with van der Waals surface area (Å²) in [6, 6.07) is 32.6. The minimum absolute atomic E-state index is 0.142. The Morgan fingerprint density at radius 3 is 0.971 bits per heavy atom. The lowest BCUT2D eigenvalue weighted by Gasteiger charge is -2.31. The van der Waals surface area contributed by atoms with Gasteiger partial charge in [-0.1, -0.05) is 98.9 Å². The Balaban J connectivity index is 1.51. The Morgan fingerprint density at radius 2 is 0.706 bits per heavy atom. The van der Waals surface area contributed by atoms with Gasteiger partial charge in [0.2, 0.25) is 0 Å². The van der Waals surface area contributed by atoms with Crippen molar-refractivity contribution in [1.82, 2.24) is 14.7 Å². The summed E-state index contributed by atoms with van der Waals surface area (Å²) in [5.41, 5.74) is 4.29. The topological polar surface area (TPSA) is 9.72 Å². The van der Waals surface area contributed by atoms with E-state index in [1.54, 1.807) is 0 Å². The second kappa shape index (κ2) is 15.1. The van der Waals surface area contributed by atoms with Crippen molar-refractivity contribution in [2.75, 3.05) is 59.6 Å². The van der Waals surface area contributed by atoms with Crippen LogP contribution in [-0.4, -0.2) is 74.3 Å². The number of benzene rings is 3. The van der Waals surface area contributed by atoms with E-state index in [1.165, 1.54) is 35.5 Å². The van der Waals surface area contributed by atoms with Crippen LogP contribution in [0.1, 0.15) is 16.7 Å². The van der Waals surface area contributed by atoms with Crippen molar-refractivity contribution in [3.05, 3.63) is 108 Å². The van der Waals surface area contributed by atoms with Crippen LogP contribution < -0.4 is 0 Å². The average molecular weight is 476 g/mol. The van der Waals surface area contributed by atoms with Gasteiger partial charge in [0.15, 0.2) is 0 Å². The van der Waals surface area contributed by atoms with Crippen LogP contribution in [0, 0.1) is 0 Å². The quantitative estimate of drug-likeness (QED) is 0.255. The molecule has 0 radical (unpaired) electrons. The Bertz CT molecular complexity index is 782. The largest absolute Gasteiger partial charge is 0.302 e. The predicted molar refractivity (Wildman–Crippen MR) is 150 cm³/mol. The van der Waals surface area contributed by atoms with E-state index in [0.29, 0.717) is 0 Å². The van der Waals surface area contributed by atoms with Crippen LogP contribution in [0.4, 0.5) is 0 Å². The van der Waals surface area contributed by atoms with Gasteiger partial charge in [0.1, 0.15) is 0 Å². The van der Waals surface area contributed by atoms with Crippen molar-refractivity contribution in [1.29, 1.82) is 0 Å². The van der Waals surface area contributed by atoms with Gasteiger partial charge in [-0.25, -0.2) is 0 Å². The van der Waals surface area contributed by atoms with Crippen molar-refractivity contribution in [3.63, 3.8) is 0 Å². The lowest BCUT2D eigenvalue weighted by Crippen LogP contribution is -2.31.